The topological polar surface area (TPSA) is 55.1 Å². The van der Waals surface area contributed by atoms with E-state index in [2.05, 4.69) is 20.6 Å². The fourth-order valence-corrected chi connectivity index (χ4v) is 2.65. The van der Waals surface area contributed by atoms with Gasteiger partial charge < -0.3 is 5.32 Å². The molecule has 5 nitrogen and oxygen atoms in total. The Morgan fingerprint density at radius 2 is 2.12 bits per heavy atom. The first-order valence-electron chi connectivity index (χ1n) is 5.84. The number of nitrogens with one attached hydrogen (secondary N) is 1. The van der Waals surface area contributed by atoms with Crippen molar-refractivity contribution >= 4 is 16.3 Å². The summed E-state index contributed by atoms with van der Waals surface area (Å²) in [7, 11) is 0. The Morgan fingerprint density at radius 3 is 2.88 bits per heavy atom. The van der Waals surface area contributed by atoms with Crippen LogP contribution in [0.25, 0.3) is 4.96 Å². The van der Waals surface area contributed by atoms with Crippen molar-refractivity contribution in [2.24, 2.45) is 0 Å². The molecular weight excluding hydrogens is 222 g/mol. The summed E-state index contributed by atoms with van der Waals surface area (Å²) >= 11 is 1.65. The minimum Gasteiger partial charge on any atom is -0.308 e. The zero-order valence-corrected chi connectivity index (χ0v) is 9.70. The molecule has 0 spiro atoms. The quantitative estimate of drug-likeness (QED) is 0.868. The van der Waals surface area contributed by atoms with E-state index in [1.54, 1.807) is 11.3 Å². The van der Waals surface area contributed by atoms with E-state index in [1.807, 2.05) is 4.52 Å². The molecule has 2 saturated carbocycles. The van der Waals surface area contributed by atoms with Crippen molar-refractivity contribution in [3.05, 3.63) is 10.8 Å². The molecular formula is C10H13N5S. The van der Waals surface area contributed by atoms with E-state index in [9.17, 15) is 0 Å². The third-order valence-electron chi connectivity index (χ3n) is 3.12. The summed E-state index contributed by atoms with van der Waals surface area (Å²) in [6.07, 6.45) is 5.12. The van der Waals surface area contributed by atoms with Crippen LogP contribution >= 0.6 is 11.3 Å². The van der Waals surface area contributed by atoms with Crippen molar-refractivity contribution < 1.29 is 0 Å². The molecule has 0 bridgehead atoms. The second-order valence-electron chi connectivity index (χ2n) is 4.68. The zero-order chi connectivity index (χ0) is 10.5. The number of fused-ring (bicyclic) bond motifs is 1. The predicted octanol–water partition coefficient (Wildman–Crippen LogP) is 1.32. The Labute approximate surface area is 96.9 Å². The van der Waals surface area contributed by atoms with Gasteiger partial charge in [-0.3, -0.25) is 0 Å². The van der Waals surface area contributed by atoms with Crippen LogP contribution in [-0.4, -0.2) is 25.9 Å². The SMILES string of the molecule is C(NC1CC1)c1nn2c(C3CC3)nnc2s1. The zero-order valence-electron chi connectivity index (χ0n) is 8.89. The molecule has 2 heterocycles. The van der Waals surface area contributed by atoms with Gasteiger partial charge in [-0.05, 0) is 25.7 Å². The molecule has 2 aromatic rings. The smallest absolute Gasteiger partial charge is 0.234 e. The highest BCUT2D eigenvalue weighted by atomic mass is 32.1. The van der Waals surface area contributed by atoms with Crippen molar-refractivity contribution in [3.63, 3.8) is 0 Å². The molecule has 0 aromatic carbocycles. The molecule has 1 N–H and O–H groups in total. The summed E-state index contributed by atoms with van der Waals surface area (Å²) in [6.45, 7) is 0.878. The molecule has 2 aliphatic carbocycles. The van der Waals surface area contributed by atoms with Crippen molar-refractivity contribution in [3.8, 4) is 0 Å². The fraction of sp³-hybridized carbons (Fsp3) is 0.700. The molecule has 0 saturated heterocycles. The second kappa shape index (κ2) is 3.24. The molecule has 2 aliphatic rings. The summed E-state index contributed by atoms with van der Waals surface area (Å²) in [5, 5.41) is 17.6. The maximum Gasteiger partial charge on any atom is 0.234 e. The number of hydrogen-bond acceptors (Lipinski definition) is 5. The fourth-order valence-electron chi connectivity index (χ4n) is 1.86. The molecule has 0 amide bonds. The van der Waals surface area contributed by atoms with E-state index >= 15 is 0 Å². The molecule has 16 heavy (non-hydrogen) atoms. The van der Waals surface area contributed by atoms with E-state index in [-0.39, 0.29) is 0 Å². The maximum atomic E-state index is 4.58. The first-order valence-corrected chi connectivity index (χ1v) is 6.66. The summed E-state index contributed by atoms with van der Waals surface area (Å²) in [5.74, 6) is 1.67. The second-order valence-corrected chi connectivity index (χ2v) is 5.72. The van der Waals surface area contributed by atoms with Gasteiger partial charge >= 0.3 is 0 Å². The summed E-state index contributed by atoms with van der Waals surface area (Å²) in [5.41, 5.74) is 0. The summed E-state index contributed by atoms with van der Waals surface area (Å²) in [6, 6.07) is 0.734. The third kappa shape index (κ3) is 1.53. The van der Waals surface area contributed by atoms with Gasteiger partial charge in [0.25, 0.3) is 0 Å². The lowest BCUT2D eigenvalue weighted by molar-refractivity contribution is 0.670. The Morgan fingerprint density at radius 1 is 1.25 bits per heavy atom. The molecule has 2 fully saturated rings. The average Bonchev–Trinajstić information content (AvgIpc) is 3.17. The Bertz CT molecular complexity index is 522. The largest absolute Gasteiger partial charge is 0.308 e. The van der Waals surface area contributed by atoms with Crippen molar-refractivity contribution in [1.82, 2.24) is 25.1 Å². The third-order valence-corrected chi connectivity index (χ3v) is 4.02. The van der Waals surface area contributed by atoms with Crippen LogP contribution in [-0.2, 0) is 6.54 Å². The lowest BCUT2D eigenvalue weighted by Crippen LogP contribution is -2.15. The lowest BCUT2D eigenvalue weighted by atomic mass is 10.4. The molecule has 6 heteroatoms. The van der Waals surface area contributed by atoms with Crippen LogP contribution in [0.1, 0.15) is 42.4 Å². The summed E-state index contributed by atoms with van der Waals surface area (Å²) in [4.78, 5) is 0.939. The van der Waals surface area contributed by atoms with E-state index in [0.717, 1.165) is 28.4 Å². The average molecular weight is 235 g/mol. The first-order chi connectivity index (χ1) is 7.90. The van der Waals surface area contributed by atoms with Crippen molar-refractivity contribution in [2.75, 3.05) is 0 Å². The van der Waals surface area contributed by atoms with E-state index in [0.29, 0.717) is 5.92 Å². The van der Waals surface area contributed by atoms with Crippen LogP contribution < -0.4 is 5.32 Å². The van der Waals surface area contributed by atoms with Crippen LogP contribution in [0.3, 0.4) is 0 Å². The maximum absolute atomic E-state index is 4.58. The molecule has 4 rings (SSSR count). The monoisotopic (exact) mass is 235 g/mol. The highest BCUT2D eigenvalue weighted by molar-refractivity contribution is 7.16. The van der Waals surface area contributed by atoms with Crippen LogP contribution in [0.4, 0.5) is 0 Å². The van der Waals surface area contributed by atoms with Gasteiger partial charge in [0.2, 0.25) is 4.96 Å². The molecule has 0 radical (unpaired) electrons. The van der Waals surface area contributed by atoms with Gasteiger partial charge in [-0.15, -0.1) is 10.2 Å². The minimum atomic E-state index is 0.612. The number of aromatic nitrogens is 4. The van der Waals surface area contributed by atoms with Crippen LogP contribution in [0.15, 0.2) is 0 Å². The van der Waals surface area contributed by atoms with Gasteiger partial charge in [-0.25, -0.2) is 0 Å². The van der Waals surface area contributed by atoms with Gasteiger partial charge in [0.1, 0.15) is 5.01 Å². The van der Waals surface area contributed by atoms with Crippen molar-refractivity contribution in [2.45, 2.75) is 44.2 Å². The number of nitrogens with zero attached hydrogens (tertiary/aromatic N) is 4. The van der Waals surface area contributed by atoms with Gasteiger partial charge in [0.05, 0.1) is 0 Å². The molecule has 0 unspecified atom stereocenters. The first kappa shape index (κ1) is 9.07. The van der Waals surface area contributed by atoms with Gasteiger partial charge in [0.15, 0.2) is 5.82 Å². The van der Waals surface area contributed by atoms with Gasteiger partial charge in [-0.2, -0.15) is 9.61 Å². The Kier molecular flexibility index (Phi) is 1.84. The normalized spacial score (nSPS) is 20.8. The standard InChI is InChI=1S/C10H13N5S/c1-2-6(1)9-12-13-10-15(9)14-8(16-10)5-11-7-3-4-7/h6-7,11H,1-5H2. The number of rotatable bonds is 4. The lowest BCUT2D eigenvalue weighted by Gasteiger charge is -1.96. The van der Waals surface area contributed by atoms with Crippen LogP contribution in [0.2, 0.25) is 0 Å². The predicted molar refractivity (Wildman–Crippen MR) is 60.5 cm³/mol. The van der Waals surface area contributed by atoms with E-state index in [1.165, 1.54) is 25.7 Å². The molecule has 2 aromatic heterocycles. The molecule has 84 valence electrons. The van der Waals surface area contributed by atoms with E-state index in [4.69, 9.17) is 0 Å². The highest BCUT2D eigenvalue weighted by Gasteiger charge is 2.30. The van der Waals surface area contributed by atoms with Crippen LogP contribution in [0.5, 0.6) is 0 Å². The van der Waals surface area contributed by atoms with Gasteiger partial charge in [0, 0.05) is 18.5 Å². The van der Waals surface area contributed by atoms with Crippen LogP contribution in [0, 0.1) is 0 Å². The Balaban J connectivity index is 1.61. The number of hydrogen-bond donors (Lipinski definition) is 1. The van der Waals surface area contributed by atoms with Crippen molar-refractivity contribution in [1.29, 1.82) is 0 Å². The molecule has 0 atom stereocenters. The Hall–Kier alpha value is -1.01. The molecule has 0 aliphatic heterocycles. The van der Waals surface area contributed by atoms with E-state index < -0.39 is 0 Å². The highest BCUT2D eigenvalue weighted by Crippen LogP contribution is 2.39. The minimum absolute atomic E-state index is 0.612. The summed E-state index contributed by atoms with van der Waals surface area (Å²) < 4.78 is 1.94. The van der Waals surface area contributed by atoms with Gasteiger partial charge in [-0.1, -0.05) is 11.3 Å².